The molecule has 0 spiro atoms. The Labute approximate surface area is 199 Å². The first-order valence-corrected chi connectivity index (χ1v) is 11.9. The summed E-state index contributed by atoms with van der Waals surface area (Å²) in [6.45, 7) is 8.03. The van der Waals surface area contributed by atoms with Crippen LogP contribution in [0.25, 0.3) is 16.9 Å². The number of nitrogen functional groups attached to an aromatic ring is 1. The summed E-state index contributed by atoms with van der Waals surface area (Å²) >= 11 is 0. The minimum atomic E-state index is -0.630. The fraction of sp³-hybridized carbons (Fsp3) is 0.440. The van der Waals surface area contributed by atoms with Crippen LogP contribution in [-0.4, -0.2) is 73.6 Å². The van der Waals surface area contributed by atoms with Crippen LogP contribution >= 0.6 is 0 Å². The highest BCUT2D eigenvalue weighted by Gasteiger charge is 2.30. The van der Waals surface area contributed by atoms with Gasteiger partial charge in [-0.2, -0.15) is 4.98 Å². The molecule has 1 amide bonds. The second-order valence-electron chi connectivity index (χ2n) is 8.76. The molecule has 1 saturated carbocycles. The molecule has 0 radical (unpaired) electrons. The van der Waals surface area contributed by atoms with Gasteiger partial charge in [0.15, 0.2) is 5.65 Å². The lowest BCUT2D eigenvalue weighted by atomic mass is 10.1. The van der Waals surface area contributed by atoms with Crippen LogP contribution in [0.1, 0.15) is 43.5 Å². The molecule has 1 aromatic carbocycles. The fourth-order valence-electron chi connectivity index (χ4n) is 4.40. The van der Waals surface area contributed by atoms with Crippen molar-refractivity contribution < 1.29 is 14.7 Å². The van der Waals surface area contributed by atoms with Crippen LogP contribution < -0.4 is 5.73 Å². The molecule has 1 saturated heterocycles. The number of carboxylic acids is 1. The predicted octanol–water partition coefficient (Wildman–Crippen LogP) is 3.02. The predicted molar refractivity (Wildman–Crippen MR) is 130 cm³/mol. The molecule has 1 unspecified atom stereocenters. The third kappa shape index (κ3) is 5.20. The Morgan fingerprint density at radius 2 is 1.79 bits per heavy atom. The Balaban J connectivity index is 0.000000398. The molecule has 1 aliphatic heterocycles. The molecule has 34 heavy (non-hydrogen) atoms. The summed E-state index contributed by atoms with van der Waals surface area (Å²) in [5.74, 6) is -0.263. The Hall–Kier alpha value is -3.46. The van der Waals surface area contributed by atoms with Crippen molar-refractivity contribution in [1.29, 1.82) is 0 Å². The van der Waals surface area contributed by atoms with Gasteiger partial charge < -0.3 is 15.7 Å². The lowest BCUT2D eigenvalue weighted by Crippen LogP contribution is -2.38. The first-order chi connectivity index (χ1) is 16.4. The molecule has 2 fully saturated rings. The number of aliphatic carboxylic acids is 1. The molecule has 0 bridgehead atoms. The highest BCUT2D eigenvalue weighted by Crippen LogP contribution is 2.28. The zero-order chi connectivity index (χ0) is 24.2. The number of amides is 1. The summed E-state index contributed by atoms with van der Waals surface area (Å²) in [7, 11) is 0. The minimum absolute atomic E-state index is 0.0185. The number of anilines is 1. The van der Waals surface area contributed by atoms with Crippen LogP contribution in [-0.2, 0) is 4.79 Å². The highest BCUT2D eigenvalue weighted by atomic mass is 16.4. The lowest BCUT2D eigenvalue weighted by Gasteiger charge is -2.26. The summed E-state index contributed by atoms with van der Waals surface area (Å²) in [6.07, 6.45) is 2.84. The van der Waals surface area contributed by atoms with Gasteiger partial charge in [-0.1, -0.05) is 32.0 Å². The third-order valence-corrected chi connectivity index (χ3v) is 6.51. The van der Waals surface area contributed by atoms with Crippen molar-refractivity contribution in [2.75, 3.05) is 31.9 Å². The number of aromatic nitrogens is 3. The van der Waals surface area contributed by atoms with E-state index in [4.69, 9.17) is 10.8 Å². The number of likely N-dealkylation sites (tertiary alicyclic amines) is 1. The lowest BCUT2D eigenvalue weighted by molar-refractivity contribution is -0.138. The number of carbonyl (C=O) groups excluding carboxylic acids is 1. The van der Waals surface area contributed by atoms with Crippen molar-refractivity contribution in [1.82, 2.24) is 24.4 Å². The Morgan fingerprint density at radius 3 is 2.38 bits per heavy atom. The van der Waals surface area contributed by atoms with Crippen LogP contribution in [0.2, 0.25) is 0 Å². The summed E-state index contributed by atoms with van der Waals surface area (Å²) in [5.41, 5.74) is 9.01. The molecule has 2 aromatic heterocycles. The zero-order valence-electron chi connectivity index (χ0n) is 19.7. The van der Waals surface area contributed by atoms with Crippen LogP contribution in [0.4, 0.5) is 5.95 Å². The number of nitrogens with two attached hydrogens (primary N) is 1. The normalized spacial score (nSPS) is 17.6. The largest absolute Gasteiger partial charge is 0.481 e. The van der Waals surface area contributed by atoms with Gasteiger partial charge in [0.05, 0.1) is 11.6 Å². The van der Waals surface area contributed by atoms with Crippen molar-refractivity contribution in [2.45, 2.75) is 39.2 Å². The second kappa shape index (κ2) is 10.2. The fourth-order valence-corrected chi connectivity index (χ4v) is 4.40. The Bertz CT molecular complexity index is 1150. The van der Waals surface area contributed by atoms with Crippen LogP contribution in [0, 0.1) is 5.92 Å². The SMILES string of the molecule is CCN(CC)C1CCN(C(=O)c2ccc(-c3cccc4nc(N)nn34)cc2)C1.O=C(O)C1CC1. The minimum Gasteiger partial charge on any atom is -0.481 e. The third-order valence-electron chi connectivity index (χ3n) is 6.51. The van der Waals surface area contributed by atoms with E-state index in [-0.39, 0.29) is 17.8 Å². The Morgan fingerprint density at radius 1 is 1.09 bits per heavy atom. The molecule has 180 valence electrons. The van der Waals surface area contributed by atoms with Crippen LogP contribution in [0.15, 0.2) is 42.5 Å². The van der Waals surface area contributed by atoms with Gasteiger partial charge in [-0.3, -0.25) is 14.5 Å². The molecule has 5 rings (SSSR count). The number of benzene rings is 1. The molecule has 1 aliphatic carbocycles. The van der Waals surface area contributed by atoms with E-state index in [1.165, 1.54) is 0 Å². The number of carbonyl (C=O) groups is 2. The first-order valence-electron chi connectivity index (χ1n) is 11.9. The summed E-state index contributed by atoms with van der Waals surface area (Å²) in [5, 5.41) is 12.3. The first kappa shape index (κ1) is 23.7. The number of carboxylic acid groups (broad SMARTS) is 1. The number of nitrogens with zero attached hydrogens (tertiary/aromatic N) is 5. The van der Waals surface area contributed by atoms with Gasteiger partial charge in [0.2, 0.25) is 5.95 Å². The van der Waals surface area contributed by atoms with Crippen molar-refractivity contribution >= 4 is 23.5 Å². The molecule has 9 heteroatoms. The van der Waals surface area contributed by atoms with Gasteiger partial charge in [-0.15, -0.1) is 5.10 Å². The van der Waals surface area contributed by atoms with E-state index < -0.39 is 5.97 Å². The van der Waals surface area contributed by atoms with Gasteiger partial charge in [-0.25, -0.2) is 4.52 Å². The van der Waals surface area contributed by atoms with E-state index in [0.29, 0.717) is 17.3 Å². The topological polar surface area (TPSA) is 117 Å². The molecule has 2 aliphatic rings. The van der Waals surface area contributed by atoms with Crippen LogP contribution in [0.3, 0.4) is 0 Å². The van der Waals surface area contributed by atoms with E-state index in [9.17, 15) is 9.59 Å². The summed E-state index contributed by atoms with van der Waals surface area (Å²) in [6, 6.07) is 13.9. The van der Waals surface area contributed by atoms with E-state index in [2.05, 4.69) is 28.8 Å². The average Bonchev–Trinajstić information content (AvgIpc) is 3.47. The van der Waals surface area contributed by atoms with E-state index in [1.807, 2.05) is 47.4 Å². The smallest absolute Gasteiger partial charge is 0.306 e. The van der Waals surface area contributed by atoms with Crippen LogP contribution in [0.5, 0.6) is 0 Å². The number of likely N-dealkylation sites (N-methyl/N-ethyl adjacent to an activating group) is 1. The van der Waals surface area contributed by atoms with Gasteiger partial charge in [-0.05, 0) is 56.6 Å². The molecule has 1 atom stereocenters. The summed E-state index contributed by atoms with van der Waals surface area (Å²) in [4.78, 5) is 31.3. The maximum Gasteiger partial charge on any atom is 0.306 e. The number of hydrogen-bond donors (Lipinski definition) is 2. The van der Waals surface area contributed by atoms with Gasteiger partial charge in [0.1, 0.15) is 0 Å². The molecule has 3 aromatic rings. The molecule has 3 N–H and O–H groups in total. The Kier molecular flexibility index (Phi) is 7.12. The maximum atomic E-state index is 12.9. The maximum absolute atomic E-state index is 12.9. The molecular formula is C25H32N6O3. The van der Waals surface area contributed by atoms with Crippen molar-refractivity contribution in [3.05, 3.63) is 48.0 Å². The van der Waals surface area contributed by atoms with Gasteiger partial charge in [0.25, 0.3) is 5.91 Å². The molecule has 9 nitrogen and oxygen atoms in total. The van der Waals surface area contributed by atoms with E-state index in [1.54, 1.807) is 4.52 Å². The summed E-state index contributed by atoms with van der Waals surface area (Å²) < 4.78 is 1.72. The standard InChI is InChI=1S/C21H26N6O.C4H6O2/c1-3-25(4-2)17-12-13-26(14-17)20(28)16-10-8-15(9-11-16)18-6-5-7-19-23-21(22)24-27(18)19;5-4(6)3-1-2-3/h5-11,17H,3-4,12-14H2,1-2H3,(H2,22,24);3H,1-2H2,(H,5,6). The van der Waals surface area contributed by atoms with E-state index in [0.717, 1.165) is 56.7 Å². The number of rotatable bonds is 6. The van der Waals surface area contributed by atoms with Gasteiger partial charge in [0, 0.05) is 30.3 Å². The monoisotopic (exact) mass is 464 g/mol. The number of fused-ring (bicyclic) bond motifs is 1. The molecular weight excluding hydrogens is 432 g/mol. The van der Waals surface area contributed by atoms with Crippen molar-refractivity contribution in [3.63, 3.8) is 0 Å². The highest BCUT2D eigenvalue weighted by molar-refractivity contribution is 5.95. The second-order valence-corrected chi connectivity index (χ2v) is 8.76. The van der Waals surface area contributed by atoms with Gasteiger partial charge >= 0.3 is 5.97 Å². The average molecular weight is 465 g/mol. The zero-order valence-corrected chi connectivity index (χ0v) is 19.7. The van der Waals surface area contributed by atoms with E-state index >= 15 is 0 Å². The van der Waals surface area contributed by atoms with Crippen molar-refractivity contribution in [3.8, 4) is 11.3 Å². The quantitative estimate of drug-likeness (QED) is 0.576. The number of hydrogen-bond acceptors (Lipinski definition) is 6. The number of pyridine rings is 1. The molecule has 3 heterocycles. The van der Waals surface area contributed by atoms with Crippen molar-refractivity contribution in [2.24, 2.45) is 5.92 Å².